The zero-order chi connectivity index (χ0) is 27.7. The third-order valence-electron chi connectivity index (χ3n) is 7.40. The van der Waals surface area contributed by atoms with Crippen LogP contribution in [0.15, 0.2) is 47.4 Å². The van der Waals surface area contributed by atoms with Gasteiger partial charge < -0.3 is 20.5 Å². The minimum Gasteiger partial charge on any atom is -0.358 e. The number of hydrogen-bond donors (Lipinski definition) is 4. The molecule has 0 saturated heterocycles. The van der Waals surface area contributed by atoms with Gasteiger partial charge in [-0.15, -0.1) is 0 Å². The molecule has 5 rings (SSSR count). The largest absolute Gasteiger partial charge is 0.358 e. The summed E-state index contributed by atoms with van der Waals surface area (Å²) in [5.41, 5.74) is 6.39. The number of aromatic nitrogens is 3. The van der Waals surface area contributed by atoms with Crippen LogP contribution in [0.3, 0.4) is 0 Å². The smallest absolute Gasteiger partial charge is 0.272 e. The number of likely N-dealkylation sites (N-methyl/N-ethyl adjacent to an activating group) is 1. The van der Waals surface area contributed by atoms with Crippen LogP contribution < -0.4 is 16.2 Å². The Morgan fingerprint density at radius 2 is 1.79 bits per heavy atom. The molecule has 0 radical (unpaired) electrons. The number of rotatable bonds is 8. The molecule has 9 nitrogen and oxygen atoms in total. The first kappa shape index (κ1) is 26.1. The highest BCUT2D eigenvalue weighted by Gasteiger charge is 2.26. The first-order valence-corrected chi connectivity index (χ1v) is 13.2. The molecule has 0 spiro atoms. The summed E-state index contributed by atoms with van der Waals surface area (Å²) in [4.78, 5) is 43.7. The van der Waals surface area contributed by atoms with Crippen molar-refractivity contribution in [3.8, 4) is 11.1 Å². The van der Waals surface area contributed by atoms with Crippen molar-refractivity contribution in [2.24, 2.45) is 0 Å². The van der Waals surface area contributed by atoms with Gasteiger partial charge in [-0.2, -0.15) is 5.10 Å². The van der Waals surface area contributed by atoms with Gasteiger partial charge in [-0.1, -0.05) is 38.1 Å². The number of aryl methyl sites for hydroxylation is 1. The maximum atomic E-state index is 13.0. The van der Waals surface area contributed by atoms with Crippen molar-refractivity contribution in [1.82, 2.24) is 25.4 Å². The normalized spacial score (nSPS) is 13.8. The standard InChI is InChI=1S/C30H32N6O3/c1-5-36(6-2)12-11-31-30(39)27-17(3)25(33-18(27)4)15-24-22-10-9-20(14-26(22)34-28(24)37)19-7-8-21-16-32-35-29(38)23(21)13-19/h7-10,13-16,33H,5-6,11-12H2,1-4H3,(H,31,39)(H,34,37)(H,35,38)/b24-15-. The van der Waals surface area contributed by atoms with Crippen LogP contribution in [0, 0.1) is 13.8 Å². The van der Waals surface area contributed by atoms with Gasteiger partial charge in [-0.05, 0) is 61.8 Å². The fourth-order valence-electron chi connectivity index (χ4n) is 5.14. The number of aromatic amines is 2. The lowest BCUT2D eigenvalue weighted by Crippen LogP contribution is -2.35. The van der Waals surface area contributed by atoms with Crippen LogP contribution in [-0.4, -0.2) is 58.1 Å². The summed E-state index contributed by atoms with van der Waals surface area (Å²) >= 11 is 0. The number of anilines is 1. The average Bonchev–Trinajstić information content (AvgIpc) is 3.40. The highest BCUT2D eigenvalue weighted by Crippen LogP contribution is 2.37. The molecule has 2 amide bonds. The molecule has 1 aliphatic heterocycles. The van der Waals surface area contributed by atoms with E-state index in [4.69, 9.17) is 0 Å². The fraction of sp³-hybridized carbons (Fsp3) is 0.267. The second-order valence-corrected chi connectivity index (χ2v) is 9.72. The molecule has 4 N–H and O–H groups in total. The van der Waals surface area contributed by atoms with Crippen molar-refractivity contribution in [3.63, 3.8) is 0 Å². The number of nitrogens with zero attached hydrogens (tertiary/aromatic N) is 2. The highest BCUT2D eigenvalue weighted by molar-refractivity contribution is 6.35. The molecule has 0 unspecified atom stereocenters. The van der Waals surface area contributed by atoms with E-state index in [9.17, 15) is 14.4 Å². The van der Waals surface area contributed by atoms with Crippen LogP contribution in [0.2, 0.25) is 0 Å². The van der Waals surface area contributed by atoms with Crippen LogP contribution in [0.25, 0.3) is 33.5 Å². The zero-order valence-electron chi connectivity index (χ0n) is 22.6. The summed E-state index contributed by atoms with van der Waals surface area (Å²) in [6.45, 7) is 11.2. The number of fused-ring (bicyclic) bond motifs is 2. The van der Waals surface area contributed by atoms with E-state index in [1.807, 2.05) is 50.2 Å². The van der Waals surface area contributed by atoms with Gasteiger partial charge in [-0.25, -0.2) is 5.10 Å². The van der Waals surface area contributed by atoms with E-state index in [2.05, 4.69) is 44.6 Å². The maximum Gasteiger partial charge on any atom is 0.272 e. The summed E-state index contributed by atoms with van der Waals surface area (Å²) in [6.07, 6.45) is 3.42. The topological polar surface area (TPSA) is 123 Å². The quantitative estimate of drug-likeness (QED) is 0.259. The predicted octanol–water partition coefficient (Wildman–Crippen LogP) is 4.10. The van der Waals surface area contributed by atoms with Gasteiger partial charge in [0.2, 0.25) is 0 Å². The number of amides is 2. The molecule has 0 atom stereocenters. The number of carbonyl (C=O) groups is 2. The number of hydrogen-bond acceptors (Lipinski definition) is 5. The fourth-order valence-corrected chi connectivity index (χ4v) is 5.14. The Hall–Kier alpha value is -4.50. The second kappa shape index (κ2) is 10.7. The van der Waals surface area contributed by atoms with E-state index >= 15 is 0 Å². The Balaban J connectivity index is 1.41. The van der Waals surface area contributed by atoms with E-state index in [1.165, 1.54) is 0 Å². The summed E-state index contributed by atoms with van der Waals surface area (Å²) in [6, 6.07) is 11.4. The first-order chi connectivity index (χ1) is 18.8. The van der Waals surface area contributed by atoms with E-state index in [0.717, 1.165) is 58.7 Å². The number of benzene rings is 2. The lowest BCUT2D eigenvalue weighted by Gasteiger charge is -2.18. The summed E-state index contributed by atoms with van der Waals surface area (Å²) in [7, 11) is 0. The Morgan fingerprint density at radius 3 is 2.56 bits per heavy atom. The molecular weight excluding hydrogens is 492 g/mol. The molecule has 2 aromatic carbocycles. The Morgan fingerprint density at radius 1 is 1.05 bits per heavy atom. The van der Waals surface area contributed by atoms with E-state index in [-0.39, 0.29) is 17.4 Å². The SMILES string of the molecule is CCN(CC)CCNC(=O)c1c(C)[nH]c(/C=C2\C(=O)Nc3cc(-c4ccc5cn[nH]c(=O)c5c4)ccc32)c1C. The van der Waals surface area contributed by atoms with Gasteiger partial charge in [-0.3, -0.25) is 14.4 Å². The van der Waals surface area contributed by atoms with Gasteiger partial charge in [0.25, 0.3) is 17.4 Å². The van der Waals surface area contributed by atoms with Gasteiger partial charge >= 0.3 is 0 Å². The maximum absolute atomic E-state index is 13.0. The van der Waals surface area contributed by atoms with Crippen molar-refractivity contribution in [2.45, 2.75) is 27.7 Å². The molecule has 39 heavy (non-hydrogen) atoms. The molecule has 200 valence electrons. The Bertz CT molecular complexity index is 1680. The van der Waals surface area contributed by atoms with Crippen LogP contribution in [0.5, 0.6) is 0 Å². The minimum atomic E-state index is -0.248. The second-order valence-electron chi connectivity index (χ2n) is 9.72. The lowest BCUT2D eigenvalue weighted by molar-refractivity contribution is -0.110. The van der Waals surface area contributed by atoms with Gasteiger partial charge in [0, 0.05) is 41.1 Å². The predicted molar refractivity (Wildman–Crippen MR) is 155 cm³/mol. The van der Waals surface area contributed by atoms with Crippen molar-refractivity contribution in [1.29, 1.82) is 0 Å². The molecule has 2 aromatic heterocycles. The molecule has 0 aliphatic carbocycles. The van der Waals surface area contributed by atoms with Crippen LogP contribution in [0.4, 0.5) is 5.69 Å². The van der Waals surface area contributed by atoms with Gasteiger partial charge in [0.05, 0.1) is 22.7 Å². The zero-order valence-corrected chi connectivity index (χ0v) is 22.6. The number of H-pyrrole nitrogens is 2. The van der Waals surface area contributed by atoms with E-state index < -0.39 is 0 Å². The van der Waals surface area contributed by atoms with Crippen molar-refractivity contribution < 1.29 is 9.59 Å². The summed E-state index contributed by atoms with van der Waals surface area (Å²) < 4.78 is 0. The third kappa shape index (κ3) is 5.00. The minimum absolute atomic E-state index is 0.121. The third-order valence-corrected chi connectivity index (χ3v) is 7.40. The summed E-state index contributed by atoms with van der Waals surface area (Å²) in [5, 5.41) is 13.6. The monoisotopic (exact) mass is 524 g/mol. The Labute approximate surface area is 226 Å². The molecule has 0 bridgehead atoms. The lowest BCUT2D eigenvalue weighted by atomic mass is 9.98. The molecule has 4 aromatic rings. The molecule has 0 fully saturated rings. The Kier molecular flexibility index (Phi) is 7.17. The average molecular weight is 525 g/mol. The van der Waals surface area contributed by atoms with Crippen LogP contribution >= 0.6 is 0 Å². The molecule has 3 heterocycles. The molecule has 0 saturated carbocycles. The van der Waals surface area contributed by atoms with E-state index in [1.54, 1.807) is 12.3 Å². The highest BCUT2D eigenvalue weighted by atomic mass is 16.2. The molecular formula is C30H32N6O3. The van der Waals surface area contributed by atoms with Crippen molar-refractivity contribution in [2.75, 3.05) is 31.5 Å². The van der Waals surface area contributed by atoms with E-state index in [0.29, 0.717) is 28.8 Å². The molecule has 9 heteroatoms. The summed E-state index contributed by atoms with van der Waals surface area (Å²) in [5.74, 6) is -0.330. The number of nitrogens with one attached hydrogen (secondary N) is 4. The number of carbonyl (C=O) groups excluding carboxylic acids is 2. The van der Waals surface area contributed by atoms with Crippen LogP contribution in [-0.2, 0) is 4.79 Å². The van der Waals surface area contributed by atoms with Crippen molar-refractivity contribution in [3.05, 3.63) is 81.0 Å². The van der Waals surface area contributed by atoms with Crippen LogP contribution in [0.1, 0.15) is 46.7 Å². The first-order valence-electron chi connectivity index (χ1n) is 13.2. The van der Waals surface area contributed by atoms with Gasteiger partial charge in [0.15, 0.2) is 0 Å². The van der Waals surface area contributed by atoms with Gasteiger partial charge in [0.1, 0.15) is 0 Å². The van der Waals surface area contributed by atoms with Crippen molar-refractivity contribution >= 4 is 39.9 Å². The molecule has 1 aliphatic rings.